The molecule has 0 bridgehead atoms. The van der Waals surface area contributed by atoms with Gasteiger partial charge in [-0.1, -0.05) is 12.8 Å². The van der Waals surface area contributed by atoms with Crippen LogP contribution in [0.2, 0.25) is 0 Å². The average Bonchev–Trinajstić information content (AvgIpc) is 2.87. The molecule has 1 aromatic rings. The second-order valence-corrected chi connectivity index (χ2v) is 6.76. The molecule has 19 heavy (non-hydrogen) atoms. The first-order chi connectivity index (χ1) is 9.34. The normalized spacial score (nSPS) is 28.4. The van der Waals surface area contributed by atoms with Crippen molar-refractivity contribution in [2.24, 2.45) is 5.92 Å². The maximum Gasteiger partial charge on any atom is 0.226 e. The fourth-order valence-electron chi connectivity index (χ4n) is 4.03. The quantitative estimate of drug-likeness (QED) is 0.861. The Bertz CT molecular complexity index is 510. The molecule has 1 saturated heterocycles. The third-order valence-electron chi connectivity index (χ3n) is 5.10. The van der Waals surface area contributed by atoms with Gasteiger partial charge in [0.1, 0.15) is 0 Å². The number of nitrogens with one attached hydrogen (secondary N) is 1. The number of nitrogens with zero attached hydrogens (tertiary/aromatic N) is 3. The van der Waals surface area contributed by atoms with Crippen molar-refractivity contribution in [2.45, 2.75) is 63.5 Å². The Balaban J connectivity index is 1.65. The topological polar surface area (TPSA) is 36.9 Å². The highest BCUT2D eigenvalue weighted by atomic mass is 32.1. The van der Waals surface area contributed by atoms with Crippen LogP contribution in [0.15, 0.2) is 0 Å². The van der Waals surface area contributed by atoms with E-state index in [1.807, 2.05) is 0 Å². The highest BCUT2D eigenvalue weighted by molar-refractivity contribution is 7.71. The van der Waals surface area contributed by atoms with Crippen LogP contribution in [0.1, 0.15) is 57.4 Å². The molecule has 1 unspecified atom stereocenters. The number of hydrogen-bond acceptors (Lipinski definition) is 3. The maximum atomic E-state index is 5.42. The van der Waals surface area contributed by atoms with Crippen molar-refractivity contribution >= 4 is 18.2 Å². The molecule has 1 aromatic heterocycles. The molecular formula is C14H22N4S. The Morgan fingerprint density at radius 2 is 1.84 bits per heavy atom. The van der Waals surface area contributed by atoms with Crippen LogP contribution in [0.3, 0.4) is 0 Å². The minimum Gasteiger partial charge on any atom is -0.338 e. The van der Waals surface area contributed by atoms with Crippen LogP contribution in [0.4, 0.5) is 5.95 Å². The number of hydrogen-bond donors (Lipinski definition) is 1. The molecule has 3 fully saturated rings. The van der Waals surface area contributed by atoms with Gasteiger partial charge in [-0.25, -0.2) is 5.10 Å². The van der Waals surface area contributed by atoms with Gasteiger partial charge in [0.05, 0.1) is 0 Å². The molecule has 1 N–H and O–H groups in total. The highest BCUT2D eigenvalue weighted by Crippen LogP contribution is 2.41. The summed E-state index contributed by atoms with van der Waals surface area (Å²) in [6, 6.07) is 1.33. The molecular weight excluding hydrogens is 256 g/mol. The van der Waals surface area contributed by atoms with Gasteiger partial charge in [0, 0.05) is 18.6 Å². The lowest BCUT2D eigenvalue weighted by atomic mass is 9.96. The number of H-pyrrole nitrogens is 1. The van der Waals surface area contributed by atoms with Crippen LogP contribution in [0, 0.1) is 10.7 Å². The standard InChI is InChI=1S/C14H22N4S/c19-14-16-15-13(18(14)11-7-8-11)17-9-3-6-12(17)10-4-1-2-5-10/h10-12H,1-9H2,(H,16,19). The van der Waals surface area contributed by atoms with E-state index in [0.29, 0.717) is 12.1 Å². The van der Waals surface area contributed by atoms with Crippen LogP contribution in [0.5, 0.6) is 0 Å². The van der Waals surface area contributed by atoms with Crippen LogP contribution < -0.4 is 4.90 Å². The maximum absolute atomic E-state index is 5.42. The fraction of sp³-hybridized carbons (Fsp3) is 0.857. The summed E-state index contributed by atoms with van der Waals surface area (Å²) in [6.07, 6.45) is 10.9. The van der Waals surface area contributed by atoms with Crippen LogP contribution >= 0.6 is 12.2 Å². The fourth-order valence-corrected chi connectivity index (χ4v) is 4.31. The van der Waals surface area contributed by atoms with Crippen LogP contribution in [0.25, 0.3) is 0 Å². The van der Waals surface area contributed by atoms with Crippen molar-refractivity contribution in [3.8, 4) is 0 Å². The summed E-state index contributed by atoms with van der Waals surface area (Å²) in [5.41, 5.74) is 0. The lowest BCUT2D eigenvalue weighted by Crippen LogP contribution is -2.36. The molecule has 2 heterocycles. The lowest BCUT2D eigenvalue weighted by Gasteiger charge is -2.30. The van der Waals surface area contributed by atoms with Crippen molar-refractivity contribution in [1.29, 1.82) is 0 Å². The zero-order chi connectivity index (χ0) is 12.8. The molecule has 0 radical (unpaired) electrons. The number of aromatic nitrogens is 3. The van der Waals surface area contributed by atoms with E-state index in [-0.39, 0.29) is 0 Å². The van der Waals surface area contributed by atoms with Gasteiger partial charge in [0.25, 0.3) is 0 Å². The van der Waals surface area contributed by atoms with Gasteiger partial charge >= 0.3 is 0 Å². The van der Waals surface area contributed by atoms with Gasteiger partial charge < -0.3 is 4.90 Å². The Labute approximate surface area is 119 Å². The summed E-state index contributed by atoms with van der Waals surface area (Å²) in [5, 5.41) is 7.57. The molecule has 4 nitrogen and oxygen atoms in total. The van der Waals surface area contributed by atoms with E-state index in [2.05, 4.69) is 19.7 Å². The Hall–Kier alpha value is -0.840. The van der Waals surface area contributed by atoms with Crippen LogP contribution in [-0.4, -0.2) is 27.4 Å². The first-order valence-electron chi connectivity index (χ1n) is 7.78. The molecule has 2 saturated carbocycles. The first-order valence-corrected chi connectivity index (χ1v) is 8.19. The summed E-state index contributed by atoms with van der Waals surface area (Å²) in [4.78, 5) is 2.56. The third kappa shape index (κ3) is 2.02. The highest BCUT2D eigenvalue weighted by Gasteiger charge is 2.37. The molecule has 5 heteroatoms. The molecule has 3 aliphatic rings. The summed E-state index contributed by atoms with van der Waals surface area (Å²) in [5.74, 6) is 2.02. The van der Waals surface area contributed by atoms with Crippen molar-refractivity contribution in [3.05, 3.63) is 4.77 Å². The van der Waals surface area contributed by atoms with Gasteiger partial charge in [0.2, 0.25) is 5.95 Å². The number of aromatic amines is 1. The summed E-state index contributed by atoms with van der Waals surface area (Å²) in [7, 11) is 0. The van der Waals surface area contributed by atoms with E-state index in [1.54, 1.807) is 0 Å². The molecule has 1 aliphatic heterocycles. The third-order valence-corrected chi connectivity index (χ3v) is 5.39. The Kier molecular flexibility index (Phi) is 2.90. The van der Waals surface area contributed by atoms with E-state index >= 15 is 0 Å². The first kappa shape index (κ1) is 11.9. The smallest absolute Gasteiger partial charge is 0.226 e. The number of anilines is 1. The average molecular weight is 278 g/mol. The van der Waals surface area contributed by atoms with Crippen LogP contribution in [-0.2, 0) is 0 Å². The minimum absolute atomic E-state index is 0.617. The Morgan fingerprint density at radius 3 is 2.58 bits per heavy atom. The van der Waals surface area contributed by atoms with E-state index in [4.69, 9.17) is 12.2 Å². The van der Waals surface area contributed by atoms with Gasteiger partial charge in [-0.3, -0.25) is 4.57 Å². The van der Waals surface area contributed by atoms with Crippen molar-refractivity contribution in [3.63, 3.8) is 0 Å². The van der Waals surface area contributed by atoms with Crippen molar-refractivity contribution in [1.82, 2.24) is 14.8 Å². The number of rotatable bonds is 3. The molecule has 0 aromatic carbocycles. The largest absolute Gasteiger partial charge is 0.338 e. The molecule has 1 atom stereocenters. The molecule has 4 rings (SSSR count). The van der Waals surface area contributed by atoms with E-state index in [1.165, 1.54) is 51.4 Å². The molecule has 104 valence electrons. The second-order valence-electron chi connectivity index (χ2n) is 6.38. The SMILES string of the molecule is S=c1[nH]nc(N2CCCC2C2CCCC2)n1C1CC1. The van der Waals surface area contributed by atoms with E-state index in [0.717, 1.165) is 23.2 Å². The summed E-state index contributed by atoms with van der Waals surface area (Å²) >= 11 is 5.42. The predicted octanol–water partition coefficient (Wildman–Crippen LogP) is 3.43. The summed E-state index contributed by atoms with van der Waals surface area (Å²) in [6.45, 7) is 1.16. The molecule has 0 amide bonds. The monoisotopic (exact) mass is 278 g/mol. The minimum atomic E-state index is 0.617. The Morgan fingerprint density at radius 1 is 1.05 bits per heavy atom. The van der Waals surface area contributed by atoms with Gasteiger partial charge in [0.15, 0.2) is 4.77 Å². The predicted molar refractivity (Wildman–Crippen MR) is 78.0 cm³/mol. The van der Waals surface area contributed by atoms with Gasteiger partial charge in [-0.05, 0) is 56.7 Å². The zero-order valence-electron chi connectivity index (χ0n) is 11.3. The zero-order valence-corrected chi connectivity index (χ0v) is 12.2. The second kappa shape index (κ2) is 4.62. The molecule has 0 spiro atoms. The lowest BCUT2D eigenvalue weighted by molar-refractivity contribution is 0.424. The van der Waals surface area contributed by atoms with E-state index in [9.17, 15) is 0 Å². The summed E-state index contributed by atoms with van der Waals surface area (Å²) < 4.78 is 3.09. The van der Waals surface area contributed by atoms with Gasteiger partial charge in [-0.15, -0.1) is 5.10 Å². The molecule has 2 aliphatic carbocycles. The van der Waals surface area contributed by atoms with Gasteiger partial charge in [-0.2, -0.15) is 0 Å². The van der Waals surface area contributed by atoms with E-state index < -0.39 is 0 Å². The van der Waals surface area contributed by atoms with Crippen molar-refractivity contribution < 1.29 is 0 Å². The van der Waals surface area contributed by atoms with Crippen molar-refractivity contribution in [2.75, 3.05) is 11.4 Å².